The number of nitrogens with zero attached hydrogens (tertiary/aromatic N) is 4. The van der Waals surface area contributed by atoms with Crippen molar-refractivity contribution in [3.8, 4) is 0 Å². The second kappa shape index (κ2) is 14.6. The number of hydrogen-bond acceptors (Lipinski definition) is 7. The number of likely N-dealkylation sites (N-methyl/N-ethyl adjacent to an activating group) is 1. The Hall–Kier alpha value is -2.32. The number of anilines is 1. The molecule has 2 aromatic heterocycles. The Morgan fingerprint density at radius 2 is 1.84 bits per heavy atom. The number of piperidine rings is 1. The molecule has 0 radical (unpaired) electrons. The molecule has 2 aliphatic rings. The number of carbonyl (C=O) groups excluding carboxylic acids is 2. The molecule has 4 rings (SSSR count). The summed E-state index contributed by atoms with van der Waals surface area (Å²) in [6.07, 6.45) is 12.3. The SMILES string of the molecule is C=O.C=O.CCC1CCC(N(C)c2ncnc3[nH]ccc23)CC1.CN1CCC[C@@H](O)C1. The molecule has 0 spiro atoms. The van der Waals surface area contributed by atoms with Crippen LogP contribution in [-0.2, 0) is 9.59 Å². The molecule has 2 fully saturated rings. The second-order valence-electron chi connectivity index (χ2n) is 8.19. The molecule has 0 aromatic carbocycles. The number of nitrogens with one attached hydrogen (secondary N) is 1. The summed E-state index contributed by atoms with van der Waals surface area (Å²) in [5.41, 5.74) is 0.930. The van der Waals surface area contributed by atoms with Crippen LogP contribution in [0.2, 0.25) is 0 Å². The number of fused-ring (bicyclic) bond motifs is 1. The maximum atomic E-state index is 9.04. The lowest BCUT2D eigenvalue weighted by molar-refractivity contribution is -0.0987. The summed E-state index contributed by atoms with van der Waals surface area (Å²) < 4.78 is 0. The van der Waals surface area contributed by atoms with Crippen LogP contribution in [0.25, 0.3) is 11.0 Å². The van der Waals surface area contributed by atoms with Crippen molar-refractivity contribution in [2.24, 2.45) is 5.92 Å². The fourth-order valence-corrected chi connectivity index (χ4v) is 4.39. The largest absolute Gasteiger partial charge is 0.392 e. The van der Waals surface area contributed by atoms with Gasteiger partial charge in [-0.15, -0.1) is 0 Å². The van der Waals surface area contributed by atoms with Crippen molar-refractivity contribution in [1.29, 1.82) is 0 Å². The smallest absolute Gasteiger partial charge is 0.142 e. The van der Waals surface area contributed by atoms with E-state index in [-0.39, 0.29) is 6.10 Å². The van der Waals surface area contributed by atoms with E-state index in [9.17, 15) is 0 Å². The zero-order chi connectivity index (χ0) is 23.2. The Balaban J connectivity index is 0.000000336. The van der Waals surface area contributed by atoms with Crippen LogP contribution in [0.5, 0.6) is 0 Å². The average Bonchev–Trinajstić information content (AvgIpc) is 3.31. The third-order valence-electron chi connectivity index (χ3n) is 6.21. The van der Waals surface area contributed by atoms with Crippen molar-refractivity contribution < 1.29 is 14.7 Å². The molecule has 0 bridgehead atoms. The van der Waals surface area contributed by atoms with E-state index in [4.69, 9.17) is 14.7 Å². The molecule has 1 saturated carbocycles. The minimum Gasteiger partial charge on any atom is -0.392 e. The van der Waals surface area contributed by atoms with E-state index in [1.807, 2.05) is 26.8 Å². The molecule has 1 aliphatic heterocycles. The number of aliphatic hydroxyl groups is 1. The molecular weight excluding hydrogens is 394 g/mol. The topological polar surface area (TPSA) is 102 Å². The fraction of sp³-hybridized carbons (Fsp3) is 0.652. The highest BCUT2D eigenvalue weighted by Gasteiger charge is 2.24. The van der Waals surface area contributed by atoms with E-state index in [1.54, 1.807) is 6.33 Å². The number of carbonyl (C=O) groups is 2. The first kappa shape index (κ1) is 26.7. The van der Waals surface area contributed by atoms with Gasteiger partial charge in [-0.2, -0.15) is 0 Å². The Labute approximate surface area is 186 Å². The number of hydrogen-bond donors (Lipinski definition) is 2. The molecule has 174 valence electrons. The number of aromatic amines is 1. The lowest BCUT2D eigenvalue weighted by Gasteiger charge is -2.35. The molecule has 1 atom stereocenters. The number of likely N-dealkylation sites (tertiary alicyclic amines) is 1. The summed E-state index contributed by atoms with van der Waals surface area (Å²) in [6, 6.07) is 2.69. The van der Waals surface area contributed by atoms with Crippen LogP contribution >= 0.6 is 0 Å². The van der Waals surface area contributed by atoms with Crippen molar-refractivity contribution in [2.45, 2.75) is 64.0 Å². The zero-order valence-corrected chi connectivity index (χ0v) is 19.3. The molecule has 31 heavy (non-hydrogen) atoms. The van der Waals surface area contributed by atoms with Gasteiger partial charge in [0.05, 0.1) is 11.5 Å². The van der Waals surface area contributed by atoms with Gasteiger partial charge in [-0.3, -0.25) is 0 Å². The molecule has 1 aliphatic carbocycles. The van der Waals surface area contributed by atoms with Crippen molar-refractivity contribution in [3.05, 3.63) is 18.6 Å². The van der Waals surface area contributed by atoms with Crippen molar-refractivity contribution in [1.82, 2.24) is 19.9 Å². The van der Waals surface area contributed by atoms with Gasteiger partial charge in [-0.25, -0.2) is 9.97 Å². The summed E-state index contributed by atoms with van der Waals surface area (Å²) in [7, 11) is 4.22. The fourth-order valence-electron chi connectivity index (χ4n) is 4.39. The maximum Gasteiger partial charge on any atom is 0.142 e. The van der Waals surface area contributed by atoms with Gasteiger partial charge in [0.1, 0.15) is 31.4 Å². The van der Waals surface area contributed by atoms with Crippen LogP contribution in [-0.4, -0.2) is 77.9 Å². The highest BCUT2D eigenvalue weighted by atomic mass is 16.3. The Bertz CT molecular complexity index is 723. The standard InChI is InChI=1S/C15H22N4.C6H13NO.2CH2O/c1-3-11-4-6-12(7-5-11)19(2)15-13-8-9-16-14(13)17-10-18-15;1-7-4-2-3-6(8)5-7;2*1-2/h8-12H,3-7H2,1-2H3,(H,16,17,18);6,8H,2-5H2,1H3;2*1H2/t;6-;;/m.1../s1. The molecule has 0 amide bonds. The van der Waals surface area contributed by atoms with Crippen molar-refractivity contribution >= 4 is 30.4 Å². The summed E-state index contributed by atoms with van der Waals surface area (Å²) >= 11 is 0. The van der Waals surface area contributed by atoms with E-state index in [0.717, 1.165) is 48.7 Å². The van der Waals surface area contributed by atoms with Crippen molar-refractivity contribution in [2.75, 3.05) is 32.1 Å². The van der Waals surface area contributed by atoms with E-state index in [2.05, 4.69) is 44.8 Å². The van der Waals surface area contributed by atoms with Gasteiger partial charge < -0.3 is 29.5 Å². The third-order valence-corrected chi connectivity index (χ3v) is 6.21. The first-order valence-corrected chi connectivity index (χ1v) is 11.0. The van der Waals surface area contributed by atoms with Gasteiger partial charge in [0.2, 0.25) is 0 Å². The molecule has 2 N–H and O–H groups in total. The average molecular weight is 434 g/mol. The quantitative estimate of drug-likeness (QED) is 0.767. The zero-order valence-electron chi connectivity index (χ0n) is 19.3. The van der Waals surface area contributed by atoms with Crippen LogP contribution < -0.4 is 4.90 Å². The Morgan fingerprint density at radius 1 is 1.16 bits per heavy atom. The van der Waals surface area contributed by atoms with Gasteiger partial charge >= 0.3 is 0 Å². The molecule has 2 aromatic rings. The second-order valence-corrected chi connectivity index (χ2v) is 8.19. The highest BCUT2D eigenvalue weighted by molar-refractivity contribution is 5.87. The number of β-amino-alcohol motifs (C(OH)–C–C–N with tert-alkyl or cyclic N) is 1. The van der Waals surface area contributed by atoms with E-state index >= 15 is 0 Å². The molecule has 0 unspecified atom stereocenters. The molecule has 1 saturated heterocycles. The van der Waals surface area contributed by atoms with Crippen LogP contribution in [0.15, 0.2) is 18.6 Å². The summed E-state index contributed by atoms with van der Waals surface area (Å²) in [4.78, 5) is 32.4. The Kier molecular flexibility index (Phi) is 12.6. The van der Waals surface area contributed by atoms with Crippen LogP contribution in [0.3, 0.4) is 0 Å². The van der Waals surface area contributed by atoms with E-state index in [0.29, 0.717) is 6.04 Å². The number of aromatic nitrogens is 3. The van der Waals surface area contributed by atoms with Crippen LogP contribution in [0.1, 0.15) is 51.9 Å². The predicted molar refractivity (Wildman–Crippen MR) is 125 cm³/mol. The summed E-state index contributed by atoms with van der Waals surface area (Å²) in [5, 5.41) is 10.2. The monoisotopic (exact) mass is 433 g/mol. The third kappa shape index (κ3) is 8.03. The molecule has 8 nitrogen and oxygen atoms in total. The summed E-state index contributed by atoms with van der Waals surface area (Å²) in [6.45, 7) is 8.32. The lowest BCUT2D eigenvalue weighted by Crippen LogP contribution is -2.35. The van der Waals surface area contributed by atoms with Gasteiger partial charge in [-0.1, -0.05) is 13.3 Å². The number of H-pyrrole nitrogens is 1. The van der Waals surface area contributed by atoms with Gasteiger partial charge in [0.15, 0.2) is 0 Å². The molecular formula is C23H39N5O3. The number of rotatable bonds is 3. The van der Waals surface area contributed by atoms with Gasteiger partial charge in [-0.05, 0) is 64.1 Å². The maximum absolute atomic E-state index is 9.04. The minimum atomic E-state index is -0.0613. The van der Waals surface area contributed by atoms with E-state index < -0.39 is 0 Å². The highest BCUT2D eigenvalue weighted by Crippen LogP contribution is 2.32. The Morgan fingerprint density at radius 3 is 2.39 bits per heavy atom. The normalized spacial score (nSPS) is 23.3. The summed E-state index contributed by atoms with van der Waals surface area (Å²) in [5.74, 6) is 1.99. The molecule has 3 heterocycles. The van der Waals surface area contributed by atoms with Crippen LogP contribution in [0, 0.1) is 5.92 Å². The number of aliphatic hydroxyl groups excluding tert-OH is 1. The predicted octanol–water partition coefficient (Wildman–Crippen LogP) is 3.07. The lowest BCUT2D eigenvalue weighted by atomic mass is 9.84. The van der Waals surface area contributed by atoms with Gasteiger partial charge in [0, 0.05) is 25.8 Å². The molecule has 8 heteroatoms. The van der Waals surface area contributed by atoms with Crippen LogP contribution in [0.4, 0.5) is 5.82 Å². The van der Waals surface area contributed by atoms with Crippen molar-refractivity contribution in [3.63, 3.8) is 0 Å². The van der Waals surface area contributed by atoms with Gasteiger partial charge in [0.25, 0.3) is 0 Å². The van der Waals surface area contributed by atoms with E-state index in [1.165, 1.54) is 32.1 Å². The minimum absolute atomic E-state index is 0.0613. The first-order chi connectivity index (χ1) is 15.1. The first-order valence-electron chi connectivity index (χ1n) is 11.0.